The Morgan fingerprint density at radius 2 is 2.15 bits per heavy atom. The summed E-state index contributed by atoms with van der Waals surface area (Å²) in [7, 11) is 1.34. The molecule has 0 atom stereocenters. The molecule has 0 saturated carbocycles. The molecule has 0 fully saturated rings. The van der Waals surface area contributed by atoms with Gasteiger partial charge in [0.05, 0.1) is 30.6 Å². The second-order valence-electron chi connectivity index (χ2n) is 3.76. The minimum absolute atomic E-state index is 0.393. The van der Waals surface area contributed by atoms with Crippen LogP contribution in [0.15, 0.2) is 40.8 Å². The molecule has 100 valence electrons. The Bertz CT molecular complexity index is 668. The first-order valence-corrected chi connectivity index (χ1v) is 6.57. The summed E-state index contributed by atoms with van der Waals surface area (Å²) >= 11 is 1.29. The molecule has 0 aliphatic rings. The molecule has 20 heavy (non-hydrogen) atoms. The van der Waals surface area contributed by atoms with Crippen molar-refractivity contribution in [2.45, 2.75) is 0 Å². The van der Waals surface area contributed by atoms with E-state index < -0.39 is 5.97 Å². The lowest BCUT2D eigenvalue weighted by molar-refractivity contribution is 0.0607. The zero-order chi connectivity index (χ0) is 14.4. The molecular weight excluding hydrogens is 274 g/mol. The van der Waals surface area contributed by atoms with Crippen LogP contribution in [-0.4, -0.2) is 19.3 Å². The molecule has 0 saturated heterocycles. The molecule has 0 bridgehead atoms. The van der Waals surface area contributed by atoms with Gasteiger partial charge in [0.15, 0.2) is 0 Å². The lowest BCUT2D eigenvalue weighted by Crippen LogP contribution is -2.01. The van der Waals surface area contributed by atoms with Crippen molar-refractivity contribution in [3.05, 3.63) is 51.7 Å². The number of hydrogen-bond acceptors (Lipinski definition) is 6. The summed E-state index contributed by atoms with van der Waals surface area (Å²) in [5.74, 6) is -0.393. The van der Waals surface area contributed by atoms with Crippen molar-refractivity contribution in [2.75, 3.05) is 12.5 Å². The minimum atomic E-state index is -0.393. The van der Waals surface area contributed by atoms with Gasteiger partial charge in [-0.1, -0.05) is 12.1 Å². The number of ether oxygens (including phenoxy) is 1. The maximum atomic E-state index is 11.5. The number of rotatable bonds is 4. The van der Waals surface area contributed by atoms with Gasteiger partial charge in [0, 0.05) is 0 Å². The van der Waals surface area contributed by atoms with E-state index in [9.17, 15) is 4.79 Å². The quantitative estimate of drug-likeness (QED) is 0.532. The zero-order valence-electron chi connectivity index (χ0n) is 10.7. The van der Waals surface area contributed by atoms with Gasteiger partial charge in [0.25, 0.3) is 0 Å². The van der Waals surface area contributed by atoms with Gasteiger partial charge in [0.1, 0.15) is 4.88 Å². The predicted octanol–water partition coefficient (Wildman–Crippen LogP) is 2.85. The second kappa shape index (κ2) is 6.50. The van der Waals surface area contributed by atoms with Gasteiger partial charge in [-0.25, -0.2) is 4.79 Å². The lowest BCUT2D eigenvalue weighted by Gasteiger charge is -2.00. The lowest BCUT2D eigenvalue weighted by atomic mass is 10.2. The monoisotopic (exact) mass is 285 g/mol. The Balaban J connectivity index is 2.05. The Morgan fingerprint density at radius 3 is 2.80 bits per heavy atom. The van der Waals surface area contributed by atoms with Gasteiger partial charge < -0.3 is 4.74 Å². The van der Waals surface area contributed by atoms with Crippen molar-refractivity contribution < 1.29 is 9.53 Å². The fourth-order valence-corrected chi connectivity index (χ4v) is 2.23. The van der Waals surface area contributed by atoms with Gasteiger partial charge >= 0.3 is 5.97 Å². The molecule has 1 aromatic carbocycles. The number of hydrogen-bond donors (Lipinski definition) is 1. The van der Waals surface area contributed by atoms with Crippen LogP contribution in [0.3, 0.4) is 0 Å². The molecule has 0 radical (unpaired) electrons. The summed E-state index contributed by atoms with van der Waals surface area (Å²) < 4.78 is 4.67. The van der Waals surface area contributed by atoms with E-state index in [0.717, 1.165) is 5.56 Å². The molecule has 1 aromatic heterocycles. The molecule has 0 spiro atoms. The molecule has 2 aromatic rings. The van der Waals surface area contributed by atoms with Crippen LogP contribution in [-0.2, 0) is 4.74 Å². The van der Waals surface area contributed by atoms with Crippen molar-refractivity contribution in [3.63, 3.8) is 0 Å². The van der Waals surface area contributed by atoms with Crippen LogP contribution in [0.2, 0.25) is 0 Å². The fourth-order valence-electron chi connectivity index (χ4n) is 1.47. The summed E-state index contributed by atoms with van der Waals surface area (Å²) in [6, 6.07) is 10.8. The number of benzene rings is 1. The van der Waals surface area contributed by atoms with Crippen molar-refractivity contribution in [3.8, 4) is 6.07 Å². The Hall–Kier alpha value is -2.65. The van der Waals surface area contributed by atoms with Crippen LogP contribution in [0, 0.1) is 11.3 Å². The van der Waals surface area contributed by atoms with Crippen LogP contribution in [0.5, 0.6) is 0 Å². The smallest absolute Gasteiger partial charge is 0.350 e. The first kappa shape index (κ1) is 13.8. The zero-order valence-corrected chi connectivity index (χ0v) is 11.5. The van der Waals surface area contributed by atoms with Crippen molar-refractivity contribution in [2.24, 2.45) is 5.10 Å². The average Bonchev–Trinajstić information content (AvgIpc) is 2.95. The molecule has 0 amide bonds. The summed E-state index contributed by atoms with van der Waals surface area (Å²) in [5.41, 5.74) is 4.85. The van der Waals surface area contributed by atoms with Crippen LogP contribution < -0.4 is 5.43 Å². The van der Waals surface area contributed by atoms with Gasteiger partial charge in [-0.05, 0) is 29.1 Å². The molecule has 0 unspecified atom stereocenters. The maximum Gasteiger partial charge on any atom is 0.350 e. The summed E-state index contributed by atoms with van der Waals surface area (Å²) in [4.78, 5) is 11.9. The Morgan fingerprint density at radius 1 is 1.40 bits per heavy atom. The predicted molar refractivity (Wildman–Crippen MR) is 78.0 cm³/mol. The summed E-state index contributed by atoms with van der Waals surface area (Å²) in [6.45, 7) is 0. The molecule has 1 heterocycles. The van der Waals surface area contributed by atoms with E-state index in [-0.39, 0.29) is 0 Å². The van der Waals surface area contributed by atoms with Crippen LogP contribution in [0.1, 0.15) is 20.8 Å². The van der Waals surface area contributed by atoms with E-state index in [1.165, 1.54) is 18.4 Å². The Labute approximate surface area is 120 Å². The van der Waals surface area contributed by atoms with Gasteiger partial charge in [-0.15, -0.1) is 11.3 Å². The topological polar surface area (TPSA) is 74.5 Å². The molecule has 0 aliphatic heterocycles. The number of esters is 1. The Kier molecular flexibility index (Phi) is 4.47. The highest BCUT2D eigenvalue weighted by Gasteiger charge is 2.12. The number of nitriles is 1. The molecule has 6 heteroatoms. The molecule has 0 aliphatic carbocycles. The normalized spacial score (nSPS) is 10.2. The minimum Gasteiger partial charge on any atom is -0.465 e. The van der Waals surface area contributed by atoms with E-state index >= 15 is 0 Å². The third-order valence-corrected chi connectivity index (χ3v) is 3.37. The molecular formula is C14H11N3O2S. The van der Waals surface area contributed by atoms with Crippen LogP contribution in [0.25, 0.3) is 0 Å². The number of methoxy groups -OCH3 is 1. The number of nitrogens with zero attached hydrogens (tertiary/aromatic N) is 2. The summed E-state index contributed by atoms with van der Waals surface area (Å²) in [5, 5.41) is 14.5. The third kappa shape index (κ3) is 3.22. The van der Waals surface area contributed by atoms with Crippen molar-refractivity contribution in [1.29, 1.82) is 5.26 Å². The third-order valence-electron chi connectivity index (χ3n) is 2.47. The van der Waals surface area contributed by atoms with Gasteiger partial charge in [0.2, 0.25) is 0 Å². The SMILES string of the molecule is COC(=O)c1sccc1N/N=C\c1ccc(C#N)cc1. The molecule has 5 nitrogen and oxygen atoms in total. The molecule has 1 N–H and O–H groups in total. The van der Waals surface area contributed by atoms with E-state index in [0.29, 0.717) is 16.1 Å². The first-order valence-electron chi connectivity index (χ1n) is 5.69. The van der Waals surface area contributed by atoms with E-state index in [2.05, 4.69) is 15.3 Å². The number of carbonyl (C=O) groups excluding carboxylic acids is 1. The number of nitrogens with one attached hydrogen (secondary N) is 1. The first-order chi connectivity index (χ1) is 9.74. The fraction of sp³-hybridized carbons (Fsp3) is 0.0714. The average molecular weight is 285 g/mol. The van der Waals surface area contributed by atoms with Crippen molar-refractivity contribution in [1.82, 2.24) is 0 Å². The van der Waals surface area contributed by atoms with E-state index in [1.807, 2.05) is 6.07 Å². The highest BCUT2D eigenvalue weighted by atomic mass is 32.1. The highest BCUT2D eigenvalue weighted by Crippen LogP contribution is 2.22. The molecule has 2 rings (SSSR count). The maximum absolute atomic E-state index is 11.5. The number of anilines is 1. The van der Waals surface area contributed by atoms with Crippen LogP contribution >= 0.6 is 11.3 Å². The largest absolute Gasteiger partial charge is 0.465 e. The highest BCUT2D eigenvalue weighted by molar-refractivity contribution is 7.12. The standard InChI is InChI=1S/C14H11N3O2S/c1-19-14(18)13-12(6-7-20-13)17-16-9-11-4-2-10(8-15)3-5-11/h2-7,9,17H,1H3/b16-9-. The van der Waals surface area contributed by atoms with Crippen molar-refractivity contribution >= 4 is 29.2 Å². The van der Waals surface area contributed by atoms with E-state index in [1.54, 1.807) is 41.9 Å². The number of thiophene rings is 1. The van der Waals surface area contributed by atoms with Crippen LogP contribution in [0.4, 0.5) is 5.69 Å². The van der Waals surface area contributed by atoms with Gasteiger partial charge in [-0.2, -0.15) is 10.4 Å². The summed E-state index contributed by atoms with van der Waals surface area (Å²) in [6.07, 6.45) is 1.61. The number of carbonyl (C=O) groups is 1. The van der Waals surface area contributed by atoms with Gasteiger partial charge in [-0.3, -0.25) is 5.43 Å². The number of hydrazone groups is 1. The van der Waals surface area contributed by atoms with E-state index in [4.69, 9.17) is 5.26 Å². The second-order valence-corrected chi connectivity index (χ2v) is 4.67.